The number of nitrogens with zero attached hydrogens (tertiary/aromatic N) is 3. The Hall–Kier alpha value is -2.74. The van der Waals surface area contributed by atoms with E-state index in [0.29, 0.717) is 30.5 Å². The summed E-state index contributed by atoms with van der Waals surface area (Å²) in [6, 6.07) is 0.452. The molecule has 3 heterocycles. The maximum Gasteiger partial charge on any atom is 0.422 e. The summed E-state index contributed by atoms with van der Waals surface area (Å²) in [7, 11) is -3.23. The summed E-state index contributed by atoms with van der Waals surface area (Å²) in [6.07, 6.45) is -2.66. The topological polar surface area (TPSA) is 123 Å². The molecule has 2 aromatic heterocycles. The minimum atomic E-state index is -4.60. The van der Waals surface area contributed by atoms with Gasteiger partial charge in [-0.25, -0.2) is 17.8 Å². The summed E-state index contributed by atoms with van der Waals surface area (Å²) in [5, 5.41) is 18.2. The van der Waals surface area contributed by atoms with Gasteiger partial charge < -0.3 is 15.2 Å². The number of pyridine rings is 1. The van der Waals surface area contributed by atoms with Crippen LogP contribution >= 0.6 is 0 Å². The first kappa shape index (κ1) is 29.2. The van der Waals surface area contributed by atoms with Gasteiger partial charge in [-0.3, -0.25) is 9.48 Å². The molecule has 9 nitrogen and oxygen atoms in total. The fourth-order valence-electron chi connectivity index (χ4n) is 5.04. The van der Waals surface area contributed by atoms with Gasteiger partial charge in [0, 0.05) is 35.2 Å². The molecule has 1 saturated heterocycles. The van der Waals surface area contributed by atoms with Crippen molar-refractivity contribution in [2.45, 2.75) is 76.7 Å². The molecule has 3 atom stereocenters. The average molecular weight is 577 g/mol. The molecule has 1 aliphatic carbocycles. The van der Waals surface area contributed by atoms with Crippen LogP contribution in [0.2, 0.25) is 0 Å². The Morgan fingerprint density at radius 2 is 2.05 bits per heavy atom. The third-order valence-corrected chi connectivity index (χ3v) is 9.36. The van der Waals surface area contributed by atoms with Gasteiger partial charge >= 0.3 is 6.18 Å². The summed E-state index contributed by atoms with van der Waals surface area (Å²) in [4.78, 5) is 16.8. The average Bonchev–Trinajstić information content (AvgIpc) is 3.32. The fraction of sp³-hybridized carbons (Fsp3) is 0.640. The number of nitrogens with one attached hydrogen (secondary N) is 1. The van der Waals surface area contributed by atoms with Crippen LogP contribution in [0.3, 0.4) is 0 Å². The number of halogens is 4. The number of ether oxygens (including phenoxy) is 1. The maximum atomic E-state index is 14.9. The SMILES string of the molecule is C[C@@H](n1nc(-c2cc(OCC(F)(F)F)ncc2F)c2c1C[C@H](C(=O)N[C@@]1(C)CCS(=O)(=O)C1)CC2)C(C)(C)O. The van der Waals surface area contributed by atoms with Gasteiger partial charge in [-0.15, -0.1) is 0 Å². The molecule has 0 saturated carbocycles. The van der Waals surface area contributed by atoms with Crippen LogP contribution in [0.4, 0.5) is 17.6 Å². The second kappa shape index (κ2) is 10.0. The lowest BCUT2D eigenvalue weighted by molar-refractivity contribution is -0.154. The van der Waals surface area contributed by atoms with Crippen molar-refractivity contribution < 1.29 is 40.6 Å². The molecule has 39 heavy (non-hydrogen) atoms. The lowest BCUT2D eigenvalue weighted by Gasteiger charge is -2.31. The quantitative estimate of drug-likeness (QED) is 0.486. The van der Waals surface area contributed by atoms with Gasteiger partial charge in [-0.05, 0) is 47.0 Å². The lowest BCUT2D eigenvalue weighted by atomic mass is 9.84. The Morgan fingerprint density at radius 3 is 2.64 bits per heavy atom. The summed E-state index contributed by atoms with van der Waals surface area (Å²) in [5.41, 5.74) is -0.858. The number of aliphatic hydroxyl groups is 1. The van der Waals surface area contributed by atoms with Crippen molar-refractivity contribution in [2.75, 3.05) is 18.1 Å². The van der Waals surface area contributed by atoms with E-state index in [2.05, 4.69) is 15.4 Å². The summed E-state index contributed by atoms with van der Waals surface area (Å²) >= 11 is 0. The molecular weight excluding hydrogens is 544 g/mol. The molecule has 0 bridgehead atoms. The smallest absolute Gasteiger partial charge is 0.422 e. The highest BCUT2D eigenvalue weighted by atomic mass is 32.2. The van der Waals surface area contributed by atoms with Gasteiger partial charge in [-0.1, -0.05) is 0 Å². The number of hydrogen-bond donors (Lipinski definition) is 2. The zero-order valence-electron chi connectivity index (χ0n) is 22.1. The number of sulfone groups is 1. The third-order valence-electron chi connectivity index (χ3n) is 7.46. The number of rotatable bonds is 7. The highest BCUT2D eigenvalue weighted by Gasteiger charge is 2.42. The van der Waals surface area contributed by atoms with Crippen LogP contribution in [0, 0.1) is 11.7 Å². The van der Waals surface area contributed by atoms with E-state index in [4.69, 9.17) is 4.74 Å². The molecular formula is C25H32F4N4O5S. The predicted octanol–water partition coefficient (Wildman–Crippen LogP) is 3.16. The highest BCUT2D eigenvalue weighted by molar-refractivity contribution is 7.91. The zero-order valence-corrected chi connectivity index (χ0v) is 22.9. The van der Waals surface area contributed by atoms with Crippen LogP contribution in [-0.4, -0.2) is 69.6 Å². The number of aromatic nitrogens is 3. The van der Waals surface area contributed by atoms with E-state index in [0.717, 1.165) is 12.3 Å². The maximum absolute atomic E-state index is 14.9. The number of hydrogen-bond acceptors (Lipinski definition) is 7. The van der Waals surface area contributed by atoms with Crippen LogP contribution in [0.15, 0.2) is 12.3 Å². The van der Waals surface area contributed by atoms with Crippen molar-refractivity contribution in [3.63, 3.8) is 0 Å². The molecule has 4 rings (SSSR count). The van der Waals surface area contributed by atoms with Crippen molar-refractivity contribution >= 4 is 15.7 Å². The number of amides is 1. The lowest BCUT2D eigenvalue weighted by Crippen LogP contribution is -2.50. The molecule has 1 amide bonds. The van der Waals surface area contributed by atoms with Crippen molar-refractivity contribution in [1.82, 2.24) is 20.1 Å². The summed E-state index contributed by atoms with van der Waals surface area (Å²) < 4.78 is 83.0. The van der Waals surface area contributed by atoms with E-state index in [1.54, 1.807) is 27.7 Å². The second-order valence-electron chi connectivity index (χ2n) is 11.3. The van der Waals surface area contributed by atoms with Crippen molar-refractivity contribution in [3.05, 3.63) is 29.3 Å². The Bertz CT molecular complexity index is 1370. The summed E-state index contributed by atoms with van der Waals surface area (Å²) in [6.45, 7) is 4.98. The van der Waals surface area contributed by atoms with Gasteiger partial charge in [0.25, 0.3) is 0 Å². The Balaban J connectivity index is 1.68. The van der Waals surface area contributed by atoms with E-state index in [1.807, 2.05) is 0 Å². The molecule has 0 spiro atoms. The van der Waals surface area contributed by atoms with E-state index in [9.17, 15) is 35.9 Å². The van der Waals surface area contributed by atoms with Gasteiger partial charge in [0.05, 0.1) is 40.6 Å². The first-order valence-electron chi connectivity index (χ1n) is 12.6. The first-order valence-corrected chi connectivity index (χ1v) is 14.4. The van der Waals surface area contributed by atoms with Crippen LogP contribution in [0.25, 0.3) is 11.3 Å². The van der Waals surface area contributed by atoms with Crippen LogP contribution in [-0.2, 0) is 27.5 Å². The van der Waals surface area contributed by atoms with Gasteiger partial charge in [0.1, 0.15) is 0 Å². The molecule has 1 aliphatic heterocycles. The predicted molar refractivity (Wildman–Crippen MR) is 133 cm³/mol. The van der Waals surface area contributed by atoms with Crippen LogP contribution in [0.1, 0.15) is 57.8 Å². The monoisotopic (exact) mass is 576 g/mol. The number of fused-ring (bicyclic) bond motifs is 1. The Labute approximate surface area is 223 Å². The van der Waals surface area contributed by atoms with Crippen molar-refractivity contribution in [1.29, 1.82) is 0 Å². The number of carbonyl (C=O) groups is 1. The van der Waals surface area contributed by atoms with Crippen molar-refractivity contribution in [3.8, 4) is 17.1 Å². The Kier molecular flexibility index (Phi) is 7.52. The molecule has 0 radical (unpaired) electrons. The van der Waals surface area contributed by atoms with Crippen LogP contribution in [0.5, 0.6) is 5.88 Å². The van der Waals surface area contributed by atoms with E-state index >= 15 is 0 Å². The Morgan fingerprint density at radius 1 is 1.36 bits per heavy atom. The second-order valence-corrected chi connectivity index (χ2v) is 13.5. The molecule has 2 aromatic rings. The van der Waals surface area contributed by atoms with Crippen molar-refractivity contribution in [2.24, 2.45) is 5.92 Å². The van der Waals surface area contributed by atoms with E-state index < -0.39 is 57.4 Å². The fourth-order valence-corrected chi connectivity index (χ4v) is 7.13. The zero-order chi connectivity index (χ0) is 29.0. The highest BCUT2D eigenvalue weighted by Crippen LogP contribution is 2.38. The van der Waals surface area contributed by atoms with Crippen LogP contribution < -0.4 is 10.1 Å². The van der Waals surface area contributed by atoms with Gasteiger partial charge in [0.2, 0.25) is 11.8 Å². The largest absolute Gasteiger partial charge is 0.468 e. The van der Waals surface area contributed by atoms with E-state index in [1.165, 1.54) is 4.68 Å². The minimum absolute atomic E-state index is 0.00396. The molecule has 0 unspecified atom stereocenters. The first-order chi connectivity index (χ1) is 17.9. The number of carbonyl (C=O) groups excluding carboxylic acids is 1. The molecule has 2 N–H and O–H groups in total. The van der Waals surface area contributed by atoms with E-state index in [-0.39, 0.29) is 35.1 Å². The summed E-state index contributed by atoms with van der Waals surface area (Å²) in [5.74, 6) is -2.19. The van der Waals surface area contributed by atoms with Gasteiger partial charge in [-0.2, -0.15) is 18.3 Å². The standard InChI is InChI=1S/C25H32F4N4O5S/c1-14(23(2,3)35)33-19-9-15(22(34)31-24(4)7-8-39(36,37)13-24)5-6-16(19)21(32-33)17-10-20(30-11-18(17)26)38-12-25(27,28)29/h10-11,14-15,35H,5-9,12-13H2,1-4H3,(H,31,34)/t14-,15-,24+/m1/s1. The molecule has 216 valence electrons. The molecule has 14 heteroatoms. The third kappa shape index (κ3) is 6.53. The molecule has 0 aromatic carbocycles. The molecule has 1 fully saturated rings. The molecule has 2 aliphatic rings. The minimum Gasteiger partial charge on any atom is -0.468 e. The number of alkyl halides is 3. The normalized spacial score (nSPS) is 23.8. The van der Waals surface area contributed by atoms with Gasteiger partial charge in [0.15, 0.2) is 22.3 Å².